The number of rotatable bonds is 3. The molecule has 3 atom stereocenters. The Morgan fingerprint density at radius 1 is 1.50 bits per heavy atom. The predicted octanol–water partition coefficient (Wildman–Crippen LogP) is 0.356. The van der Waals surface area contributed by atoms with E-state index in [1.54, 1.807) is 19.2 Å². The van der Waals surface area contributed by atoms with Gasteiger partial charge in [0.15, 0.2) is 0 Å². The maximum absolute atomic E-state index is 13.0. The van der Waals surface area contributed by atoms with E-state index >= 15 is 0 Å². The molecule has 0 aliphatic carbocycles. The molecule has 1 aliphatic heterocycles. The van der Waals surface area contributed by atoms with Crippen molar-refractivity contribution < 1.29 is 19.1 Å². The van der Waals surface area contributed by atoms with Gasteiger partial charge in [-0.15, -0.1) is 0 Å². The molecule has 3 nitrogen and oxygen atoms in total. The van der Waals surface area contributed by atoms with Gasteiger partial charge in [0.1, 0.15) is 11.4 Å². The van der Waals surface area contributed by atoms with E-state index in [9.17, 15) is 9.50 Å². The molecule has 1 aromatic rings. The van der Waals surface area contributed by atoms with Crippen LogP contribution in [0.4, 0.5) is 4.39 Å². The largest absolute Gasteiger partial charge is 0.467 e. The van der Waals surface area contributed by atoms with Crippen LogP contribution in [-0.4, -0.2) is 31.9 Å². The summed E-state index contributed by atoms with van der Waals surface area (Å²) in [7, 11) is 5.62. The van der Waals surface area contributed by atoms with Crippen molar-refractivity contribution in [2.75, 3.05) is 26.8 Å². The van der Waals surface area contributed by atoms with Crippen molar-refractivity contribution in [1.82, 2.24) is 0 Å². The fourth-order valence-electron chi connectivity index (χ4n) is 2.71. The van der Waals surface area contributed by atoms with Gasteiger partial charge in [-0.3, -0.25) is 0 Å². The zero-order valence-corrected chi connectivity index (χ0v) is 10.7. The topological polar surface area (TPSA) is 33.9 Å². The molecular weight excluding hydrogens is 233 g/mol. The molecule has 1 saturated heterocycles. The van der Waals surface area contributed by atoms with Crippen LogP contribution < -0.4 is 4.90 Å². The summed E-state index contributed by atoms with van der Waals surface area (Å²) in [5.41, 5.74) is -0.177. The van der Waals surface area contributed by atoms with Crippen molar-refractivity contribution >= 4 is 0 Å². The zero-order chi connectivity index (χ0) is 13.2. The van der Waals surface area contributed by atoms with Crippen LogP contribution in [0.5, 0.6) is 0 Å². The lowest BCUT2D eigenvalue weighted by Crippen LogP contribution is -3.09. The number of halogens is 1. The van der Waals surface area contributed by atoms with Crippen LogP contribution in [0, 0.1) is 18.8 Å². The Morgan fingerprint density at radius 2 is 2.17 bits per heavy atom. The molecule has 0 radical (unpaired) electrons. The summed E-state index contributed by atoms with van der Waals surface area (Å²) in [6, 6.07) is 6.10. The van der Waals surface area contributed by atoms with Crippen LogP contribution in [0.15, 0.2) is 24.3 Å². The molecule has 0 spiro atoms. The van der Waals surface area contributed by atoms with E-state index in [1.165, 1.54) is 12.1 Å². The summed E-state index contributed by atoms with van der Waals surface area (Å²) in [5.74, 6) is -0.305. The fourth-order valence-corrected chi connectivity index (χ4v) is 2.71. The summed E-state index contributed by atoms with van der Waals surface area (Å²) >= 11 is 0. The molecule has 2 rings (SSSR count). The van der Waals surface area contributed by atoms with Gasteiger partial charge in [-0.25, -0.2) is 4.39 Å². The summed E-state index contributed by atoms with van der Waals surface area (Å²) in [4.78, 5) is 1.14. The normalized spacial score (nSPS) is 32.4. The van der Waals surface area contributed by atoms with Gasteiger partial charge in [0.25, 0.3) is 0 Å². The second-order valence-corrected chi connectivity index (χ2v) is 5.04. The van der Waals surface area contributed by atoms with E-state index in [1.807, 2.05) is 0 Å². The average molecular weight is 253 g/mol. The number of aliphatic hydroxyl groups is 1. The number of benzene rings is 1. The lowest BCUT2D eigenvalue weighted by Gasteiger charge is -2.44. The van der Waals surface area contributed by atoms with Gasteiger partial charge in [-0.05, 0) is 17.7 Å². The van der Waals surface area contributed by atoms with Crippen molar-refractivity contribution in [1.29, 1.82) is 0 Å². The molecule has 3 unspecified atom stereocenters. The summed E-state index contributed by atoms with van der Waals surface area (Å²) in [6.07, 6.45) is 0.617. The molecule has 0 bridgehead atoms. The minimum Gasteiger partial charge on any atom is -0.467 e. The molecular formula is C14H20FNO2. The van der Waals surface area contributed by atoms with Gasteiger partial charge in [-0.1, -0.05) is 12.1 Å². The highest BCUT2D eigenvalue weighted by molar-refractivity contribution is 5.24. The first-order valence-electron chi connectivity index (χ1n) is 6.20. The SMILES string of the molecule is [CH2-][NH+]1CCC(O)(c2ccc(F)cc2)C(COC)C1. The third-order valence-corrected chi connectivity index (χ3v) is 3.78. The molecule has 1 aromatic carbocycles. The predicted molar refractivity (Wildman–Crippen MR) is 66.3 cm³/mol. The summed E-state index contributed by atoms with van der Waals surface area (Å²) in [6.45, 7) is 2.03. The molecule has 4 heteroatoms. The maximum atomic E-state index is 13.0. The van der Waals surface area contributed by atoms with E-state index in [0.29, 0.717) is 13.0 Å². The molecule has 2 N–H and O–H groups in total. The fraction of sp³-hybridized carbons (Fsp3) is 0.500. The number of hydrogen-bond donors (Lipinski definition) is 2. The highest BCUT2D eigenvalue weighted by Crippen LogP contribution is 2.34. The second-order valence-electron chi connectivity index (χ2n) is 5.04. The van der Waals surface area contributed by atoms with Crippen molar-refractivity contribution in [3.63, 3.8) is 0 Å². The second kappa shape index (κ2) is 5.34. The Morgan fingerprint density at radius 3 is 2.78 bits per heavy atom. The van der Waals surface area contributed by atoms with E-state index < -0.39 is 5.60 Å². The Labute approximate surface area is 107 Å². The van der Waals surface area contributed by atoms with E-state index in [0.717, 1.165) is 23.6 Å². The number of nitrogens with one attached hydrogen (secondary N) is 1. The average Bonchev–Trinajstić information content (AvgIpc) is 2.35. The van der Waals surface area contributed by atoms with Crippen LogP contribution in [0.3, 0.4) is 0 Å². The smallest absolute Gasteiger partial charge is 0.123 e. The van der Waals surface area contributed by atoms with Gasteiger partial charge in [0.05, 0.1) is 25.6 Å². The van der Waals surface area contributed by atoms with E-state index in [4.69, 9.17) is 4.74 Å². The Hall–Kier alpha value is -0.970. The Bertz CT molecular complexity index is 395. The molecule has 0 amide bonds. The first kappa shape index (κ1) is 13.5. The highest BCUT2D eigenvalue weighted by atomic mass is 19.1. The molecule has 1 fully saturated rings. The van der Waals surface area contributed by atoms with Gasteiger partial charge < -0.3 is 14.7 Å². The minimum atomic E-state index is -0.940. The van der Waals surface area contributed by atoms with Crippen LogP contribution in [0.25, 0.3) is 0 Å². The van der Waals surface area contributed by atoms with Gasteiger partial charge >= 0.3 is 0 Å². The van der Waals surface area contributed by atoms with Crippen LogP contribution >= 0.6 is 0 Å². The number of likely N-dealkylation sites (tertiary alicyclic amines) is 1. The van der Waals surface area contributed by atoms with Crippen LogP contribution in [0.2, 0.25) is 0 Å². The van der Waals surface area contributed by atoms with Crippen LogP contribution in [-0.2, 0) is 10.3 Å². The van der Waals surface area contributed by atoms with Crippen molar-refractivity contribution in [3.05, 3.63) is 42.7 Å². The van der Waals surface area contributed by atoms with Gasteiger partial charge in [0.2, 0.25) is 0 Å². The van der Waals surface area contributed by atoms with Crippen molar-refractivity contribution in [3.8, 4) is 0 Å². The Kier molecular flexibility index (Phi) is 4.00. The first-order valence-corrected chi connectivity index (χ1v) is 6.20. The lowest BCUT2D eigenvalue weighted by atomic mass is 9.76. The van der Waals surface area contributed by atoms with Crippen molar-refractivity contribution in [2.45, 2.75) is 12.0 Å². The lowest BCUT2D eigenvalue weighted by molar-refractivity contribution is -0.867. The highest BCUT2D eigenvalue weighted by Gasteiger charge is 2.43. The minimum absolute atomic E-state index is 0.0192. The summed E-state index contributed by atoms with van der Waals surface area (Å²) < 4.78 is 18.2. The standard InChI is InChI=1S/C14H20FNO2/c1-16-8-7-14(17,12(9-16)10-18-2)11-3-5-13(15)6-4-11/h3-6,12,16-17H,1,7-10H2,2H3. The quantitative estimate of drug-likeness (QED) is 0.763. The molecule has 1 heterocycles. The number of hydrogen-bond acceptors (Lipinski definition) is 2. The third kappa shape index (κ3) is 2.55. The number of ether oxygens (including phenoxy) is 1. The Balaban J connectivity index is 2.28. The number of piperidine rings is 1. The third-order valence-electron chi connectivity index (χ3n) is 3.78. The van der Waals surface area contributed by atoms with Gasteiger partial charge in [-0.2, -0.15) is 7.05 Å². The summed E-state index contributed by atoms with van der Waals surface area (Å²) in [5, 5.41) is 10.9. The molecule has 0 aromatic heterocycles. The molecule has 1 aliphatic rings. The number of methoxy groups -OCH3 is 1. The first-order chi connectivity index (χ1) is 8.56. The van der Waals surface area contributed by atoms with E-state index in [-0.39, 0.29) is 11.7 Å². The molecule has 0 saturated carbocycles. The van der Waals surface area contributed by atoms with E-state index in [2.05, 4.69) is 7.05 Å². The number of quaternary nitrogens is 1. The zero-order valence-electron chi connectivity index (χ0n) is 10.7. The molecule has 100 valence electrons. The maximum Gasteiger partial charge on any atom is 0.123 e. The van der Waals surface area contributed by atoms with Gasteiger partial charge in [0, 0.05) is 13.5 Å². The van der Waals surface area contributed by atoms with Crippen molar-refractivity contribution in [2.24, 2.45) is 5.92 Å². The monoisotopic (exact) mass is 253 g/mol. The van der Waals surface area contributed by atoms with Crippen LogP contribution in [0.1, 0.15) is 12.0 Å². The molecule has 18 heavy (non-hydrogen) atoms.